The van der Waals surface area contributed by atoms with Crippen LogP contribution in [0.25, 0.3) is 17.0 Å². The van der Waals surface area contributed by atoms with E-state index in [1.54, 1.807) is 23.9 Å². The number of allylic oxidation sites excluding steroid dienone is 1. The molecule has 1 heterocycles. The molecule has 0 unspecified atom stereocenters. The molecule has 0 saturated carbocycles. The standard InChI is InChI=1S/C25H26O5S/c1-14-11-17(12-15(2)22(14)30-25(4,5)24(27)28)7-9-20(26)18-8-10-21(31-6)19-13-16(3)29-23(18)19/h7-13H,1-6H3,(H,27,28). The van der Waals surface area contributed by atoms with Gasteiger partial charge < -0.3 is 14.3 Å². The Bertz CT molecular complexity index is 1180. The molecule has 0 amide bonds. The van der Waals surface area contributed by atoms with Gasteiger partial charge in [-0.25, -0.2) is 4.79 Å². The molecule has 0 aliphatic rings. The van der Waals surface area contributed by atoms with Crippen LogP contribution in [0.5, 0.6) is 5.75 Å². The molecule has 0 bridgehead atoms. The molecule has 162 valence electrons. The van der Waals surface area contributed by atoms with Crippen LogP contribution in [0.1, 0.15) is 46.7 Å². The van der Waals surface area contributed by atoms with E-state index in [2.05, 4.69) is 0 Å². The summed E-state index contributed by atoms with van der Waals surface area (Å²) in [5.74, 6) is 0.124. The number of aliphatic carboxylic acids is 1. The number of furan rings is 1. The number of carbonyl (C=O) groups excluding carboxylic acids is 1. The molecule has 0 atom stereocenters. The topological polar surface area (TPSA) is 76.7 Å². The van der Waals surface area contributed by atoms with Crippen molar-refractivity contribution < 1.29 is 23.8 Å². The summed E-state index contributed by atoms with van der Waals surface area (Å²) in [5.41, 5.74) is 2.22. The zero-order valence-electron chi connectivity index (χ0n) is 18.5. The third kappa shape index (κ3) is 4.69. The van der Waals surface area contributed by atoms with Crippen molar-refractivity contribution in [1.82, 2.24) is 0 Å². The van der Waals surface area contributed by atoms with E-state index in [0.29, 0.717) is 16.9 Å². The van der Waals surface area contributed by atoms with Crippen LogP contribution in [0.15, 0.2) is 45.7 Å². The van der Waals surface area contributed by atoms with Crippen molar-refractivity contribution >= 4 is 40.6 Å². The Labute approximate surface area is 186 Å². The highest BCUT2D eigenvalue weighted by molar-refractivity contribution is 7.98. The molecule has 3 rings (SSSR count). The predicted molar refractivity (Wildman–Crippen MR) is 124 cm³/mol. The number of carboxylic acids is 1. The number of ether oxygens (including phenoxy) is 1. The summed E-state index contributed by atoms with van der Waals surface area (Å²) >= 11 is 1.61. The number of benzene rings is 2. The Morgan fingerprint density at radius 1 is 1.10 bits per heavy atom. The lowest BCUT2D eigenvalue weighted by atomic mass is 10.0. The molecule has 0 aliphatic carbocycles. The minimum absolute atomic E-state index is 0.144. The second kappa shape index (κ2) is 8.63. The Balaban J connectivity index is 1.90. The molecule has 0 saturated heterocycles. The van der Waals surface area contributed by atoms with Crippen LogP contribution >= 0.6 is 11.8 Å². The molecule has 1 N–H and O–H groups in total. The van der Waals surface area contributed by atoms with Crippen LogP contribution < -0.4 is 4.74 Å². The van der Waals surface area contributed by atoms with Gasteiger partial charge in [-0.2, -0.15) is 0 Å². The van der Waals surface area contributed by atoms with Gasteiger partial charge >= 0.3 is 5.97 Å². The van der Waals surface area contributed by atoms with Crippen molar-refractivity contribution in [3.05, 3.63) is 64.4 Å². The number of fused-ring (bicyclic) bond motifs is 1. The molecule has 0 radical (unpaired) electrons. The van der Waals surface area contributed by atoms with Crippen LogP contribution in [-0.4, -0.2) is 28.7 Å². The van der Waals surface area contributed by atoms with Gasteiger partial charge in [0.1, 0.15) is 17.1 Å². The van der Waals surface area contributed by atoms with Crippen molar-refractivity contribution in [2.24, 2.45) is 0 Å². The molecule has 0 spiro atoms. The number of aryl methyl sites for hydroxylation is 3. The maximum Gasteiger partial charge on any atom is 0.347 e. The van der Waals surface area contributed by atoms with Crippen molar-refractivity contribution in [3.63, 3.8) is 0 Å². The fourth-order valence-electron chi connectivity index (χ4n) is 3.40. The van der Waals surface area contributed by atoms with Gasteiger partial charge in [0.15, 0.2) is 11.4 Å². The maximum absolute atomic E-state index is 12.9. The Morgan fingerprint density at radius 2 is 1.74 bits per heavy atom. The van der Waals surface area contributed by atoms with Gasteiger partial charge in [-0.05, 0) is 94.0 Å². The molecule has 0 fully saturated rings. The van der Waals surface area contributed by atoms with Crippen LogP contribution in [0.3, 0.4) is 0 Å². The van der Waals surface area contributed by atoms with Gasteiger partial charge in [0, 0.05) is 10.3 Å². The summed E-state index contributed by atoms with van der Waals surface area (Å²) in [6, 6.07) is 9.42. The molecule has 0 aliphatic heterocycles. The first kappa shape index (κ1) is 22.7. The maximum atomic E-state index is 12.9. The molecule has 31 heavy (non-hydrogen) atoms. The van der Waals surface area contributed by atoms with E-state index in [1.165, 1.54) is 19.9 Å². The van der Waals surface area contributed by atoms with Gasteiger partial charge in [-0.15, -0.1) is 11.8 Å². The summed E-state index contributed by atoms with van der Waals surface area (Å²) in [5, 5.41) is 10.3. The smallest absolute Gasteiger partial charge is 0.347 e. The lowest BCUT2D eigenvalue weighted by molar-refractivity contribution is -0.152. The number of carboxylic acid groups (broad SMARTS) is 1. The van der Waals surface area contributed by atoms with Crippen LogP contribution in [0.4, 0.5) is 0 Å². The van der Waals surface area contributed by atoms with E-state index in [4.69, 9.17) is 9.15 Å². The second-order valence-electron chi connectivity index (χ2n) is 8.01. The van der Waals surface area contributed by atoms with Crippen molar-refractivity contribution in [2.45, 2.75) is 45.1 Å². The lowest BCUT2D eigenvalue weighted by Crippen LogP contribution is -2.38. The molecule has 3 aromatic rings. The highest BCUT2D eigenvalue weighted by Gasteiger charge is 2.30. The van der Waals surface area contributed by atoms with E-state index in [1.807, 2.05) is 51.3 Å². The van der Waals surface area contributed by atoms with E-state index in [-0.39, 0.29) is 5.78 Å². The molecule has 6 heteroatoms. The zero-order chi connectivity index (χ0) is 22.9. The Morgan fingerprint density at radius 3 is 2.32 bits per heavy atom. The Hall–Kier alpha value is -2.99. The second-order valence-corrected chi connectivity index (χ2v) is 8.86. The van der Waals surface area contributed by atoms with Crippen LogP contribution in [0.2, 0.25) is 0 Å². The highest BCUT2D eigenvalue weighted by Crippen LogP contribution is 2.32. The van der Waals surface area contributed by atoms with Gasteiger partial charge in [-0.1, -0.05) is 6.08 Å². The van der Waals surface area contributed by atoms with Crippen molar-refractivity contribution in [3.8, 4) is 5.75 Å². The van der Waals surface area contributed by atoms with Gasteiger partial charge in [-0.3, -0.25) is 4.79 Å². The summed E-state index contributed by atoms with van der Waals surface area (Å²) in [6.45, 7) is 8.61. The molecule has 1 aromatic heterocycles. The highest BCUT2D eigenvalue weighted by atomic mass is 32.2. The zero-order valence-corrected chi connectivity index (χ0v) is 19.3. The predicted octanol–water partition coefficient (Wildman–Crippen LogP) is 6.22. The summed E-state index contributed by atoms with van der Waals surface area (Å²) in [4.78, 5) is 25.3. The molecular formula is C25H26O5S. The van der Waals surface area contributed by atoms with Crippen molar-refractivity contribution in [1.29, 1.82) is 0 Å². The summed E-state index contributed by atoms with van der Waals surface area (Å²) in [6.07, 6.45) is 5.27. The number of ketones is 1. The number of hydrogen-bond donors (Lipinski definition) is 1. The number of rotatable bonds is 7. The Kier molecular flexibility index (Phi) is 6.32. The third-order valence-corrected chi connectivity index (χ3v) is 5.83. The van der Waals surface area contributed by atoms with Crippen molar-refractivity contribution in [2.75, 3.05) is 6.26 Å². The first-order chi connectivity index (χ1) is 14.5. The number of thioether (sulfide) groups is 1. The normalized spacial score (nSPS) is 11.9. The van der Waals surface area contributed by atoms with Crippen LogP contribution in [0, 0.1) is 20.8 Å². The van der Waals surface area contributed by atoms with E-state index < -0.39 is 11.6 Å². The first-order valence-electron chi connectivity index (χ1n) is 9.86. The fourth-order valence-corrected chi connectivity index (χ4v) is 3.97. The first-order valence-corrected chi connectivity index (χ1v) is 11.1. The van der Waals surface area contributed by atoms with Crippen LogP contribution in [-0.2, 0) is 4.79 Å². The largest absolute Gasteiger partial charge is 0.478 e. The minimum Gasteiger partial charge on any atom is -0.478 e. The van der Waals surface area contributed by atoms with Gasteiger partial charge in [0.05, 0.1) is 5.56 Å². The van der Waals surface area contributed by atoms with Gasteiger partial charge in [0.25, 0.3) is 0 Å². The minimum atomic E-state index is -1.33. The third-order valence-electron chi connectivity index (χ3n) is 5.03. The summed E-state index contributed by atoms with van der Waals surface area (Å²) < 4.78 is 11.5. The monoisotopic (exact) mass is 438 g/mol. The summed E-state index contributed by atoms with van der Waals surface area (Å²) in [7, 11) is 0. The van der Waals surface area contributed by atoms with E-state index >= 15 is 0 Å². The molecular weight excluding hydrogens is 412 g/mol. The average Bonchev–Trinajstić information content (AvgIpc) is 3.09. The number of carbonyl (C=O) groups is 2. The molecule has 2 aromatic carbocycles. The van der Waals surface area contributed by atoms with E-state index in [0.717, 1.165) is 32.7 Å². The van der Waals surface area contributed by atoms with E-state index in [9.17, 15) is 14.7 Å². The quantitative estimate of drug-likeness (QED) is 0.268. The SMILES string of the molecule is CSc1ccc(C(=O)C=Cc2cc(C)c(OC(C)(C)C(=O)O)c(C)c2)c2oc(C)cc12. The average molecular weight is 439 g/mol. The fraction of sp³-hybridized carbons (Fsp3) is 0.280. The lowest BCUT2D eigenvalue weighted by Gasteiger charge is -2.24. The van der Waals surface area contributed by atoms with Gasteiger partial charge in [0.2, 0.25) is 0 Å². The molecule has 5 nitrogen and oxygen atoms in total. The number of hydrogen-bond acceptors (Lipinski definition) is 5.